The molecule has 10 heavy (non-hydrogen) atoms. The molecule has 1 rings (SSSR count). The summed E-state index contributed by atoms with van der Waals surface area (Å²) in [6, 6.07) is 0. The summed E-state index contributed by atoms with van der Waals surface area (Å²) in [5.41, 5.74) is 1.20. The van der Waals surface area contributed by atoms with Crippen molar-refractivity contribution in [2.45, 2.75) is 13.3 Å². The molecule has 2 N–H and O–H groups in total. The lowest BCUT2D eigenvalue weighted by Crippen LogP contribution is -2.10. The molecule has 56 valence electrons. The number of rotatable bonds is 3. The van der Waals surface area contributed by atoms with Crippen LogP contribution >= 0.6 is 0 Å². The van der Waals surface area contributed by atoms with Crippen molar-refractivity contribution in [1.29, 1.82) is 0 Å². The van der Waals surface area contributed by atoms with Gasteiger partial charge in [-0.1, -0.05) is 0 Å². The number of imidazole rings is 1. The number of hydrogen-bond donors (Lipinski definition) is 2. The zero-order chi connectivity index (χ0) is 7.40. The lowest BCUT2D eigenvalue weighted by atomic mass is 10.3. The van der Waals surface area contributed by atoms with Crippen LogP contribution in [0.25, 0.3) is 0 Å². The van der Waals surface area contributed by atoms with Crippen LogP contribution in [0.1, 0.15) is 11.5 Å². The third-order valence-corrected chi connectivity index (χ3v) is 1.40. The number of aromatic amines is 1. The van der Waals surface area contributed by atoms with E-state index in [-0.39, 0.29) is 0 Å². The second-order valence-corrected chi connectivity index (χ2v) is 2.35. The second kappa shape index (κ2) is 3.37. The molecule has 0 amide bonds. The normalized spacial score (nSPS) is 10.2. The SMILES string of the molecule is CNCCc1cnc(C)[nH]1. The minimum Gasteiger partial charge on any atom is -0.346 e. The van der Waals surface area contributed by atoms with Gasteiger partial charge in [-0.3, -0.25) is 0 Å². The fourth-order valence-electron chi connectivity index (χ4n) is 0.858. The fourth-order valence-corrected chi connectivity index (χ4v) is 0.858. The molecule has 0 aliphatic rings. The molecular formula is C7H13N3. The molecule has 1 aromatic rings. The van der Waals surface area contributed by atoms with Gasteiger partial charge in [0, 0.05) is 24.9 Å². The number of aryl methyl sites for hydroxylation is 1. The van der Waals surface area contributed by atoms with E-state index >= 15 is 0 Å². The highest BCUT2D eigenvalue weighted by Gasteiger charge is 1.93. The van der Waals surface area contributed by atoms with Crippen molar-refractivity contribution < 1.29 is 0 Å². The molecule has 0 aliphatic heterocycles. The smallest absolute Gasteiger partial charge is 0.103 e. The van der Waals surface area contributed by atoms with Gasteiger partial charge in [-0.05, 0) is 14.0 Å². The first kappa shape index (κ1) is 7.28. The molecule has 0 atom stereocenters. The van der Waals surface area contributed by atoms with Crippen molar-refractivity contribution in [1.82, 2.24) is 15.3 Å². The summed E-state index contributed by atoms with van der Waals surface area (Å²) in [6.45, 7) is 2.96. The number of aromatic nitrogens is 2. The third kappa shape index (κ3) is 1.84. The van der Waals surface area contributed by atoms with Crippen molar-refractivity contribution in [2.75, 3.05) is 13.6 Å². The molecule has 0 saturated carbocycles. The zero-order valence-corrected chi connectivity index (χ0v) is 6.44. The Morgan fingerprint density at radius 3 is 3.00 bits per heavy atom. The van der Waals surface area contributed by atoms with Crippen LogP contribution in [0.3, 0.4) is 0 Å². The Morgan fingerprint density at radius 1 is 1.70 bits per heavy atom. The number of hydrogen-bond acceptors (Lipinski definition) is 2. The predicted octanol–water partition coefficient (Wildman–Crippen LogP) is 0.480. The second-order valence-electron chi connectivity index (χ2n) is 2.35. The lowest BCUT2D eigenvalue weighted by molar-refractivity contribution is 0.779. The first-order chi connectivity index (χ1) is 4.83. The largest absolute Gasteiger partial charge is 0.346 e. The topological polar surface area (TPSA) is 40.7 Å². The Kier molecular flexibility index (Phi) is 2.45. The Hall–Kier alpha value is -0.830. The molecular weight excluding hydrogens is 126 g/mol. The van der Waals surface area contributed by atoms with Crippen LogP contribution in [-0.4, -0.2) is 23.6 Å². The molecule has 3 heteroatoms. The van der Waals surface area contributed by atoms with Gasteiger partial charge in [0.15, 0.2) is 0 Å². The minimum absolute atomic E-state index is 0.992. The van der Waals surface area contributed by atoms with Crippen LogP contribution in [-0.2, 0) is 6.42 Å². The third-order valence-electron chi connectivity index (χ3n) is 1.40. The van der Waals surface area contributed by atoms with Crippen LogP contribution < -0.4 is 5.32 Å². The van der Waals surface area contributed by atoms with Crippen LogP contribution in [0.5, 0.6) is 0 Å². The fraction of sp³-hybridized carbons (Fsp3) is 0.571. The number of likely N-dealkylation sites (N-methyl/N-ethyl adjacent to an activating group) is 1. The first-order valence-corrected chi connectivity index (χ1v) is 3.48. The van der Waals surface area contributed by atoms with Gasteiger partial charge in [0.1, 0.15) is 5.82 Å². The molecule has 0 aliphatic carbocycles. The van der Waals surface area contributed by atoms with Crippen molar-refractivity contribution in [3.05, 3.63) is 17.7 Å². The van der Waals surface area contributed by atoms with Crippen molar-refractivity contribution in [3.63, 3.8) is 0 Å². The molecule has 0 bridgehead atoms. The molecule has 0 fully saturated rings. The van der Waals surface area contributed by atoms with E-state index in [4.69, 9.17) is 0 Å². The monoisotopic (exact) mass is 139 g/mol. The molecule has 0 spiro atoms. The number of nitrogens with zero attached hydrogens (tertiary/aromatic N) is 1. The summed E-state index contributed by atoms with van der Waals surface area (Å²) in [5, 5.41) is 3.08. The molecule has 0 aromatic carbocycles. The molecule has 0 radical (unpaired) electrons. The van der Waals surface area contributed by atoms with Gasteiger partial charge in [0.25, 0.3) is 0 Å². The zero-order valence-electron chi connectivity index (χ0n) is 6.44. The van der Waals surface area contributed by atoms with Gasteiger partial charge in [0.2, 0.25) is 0 Å². The van der Waals surface area contributed by atoms with E-state index in [2.05, 4.69) is 15.3 Å². The molecule has 0 unspecified atom stereocenters. The van der Waals surface area contributed by atoms with E-state index in [0.717, 1.165) is 18.8 Å². The quantitative estimate of drug-likeness (QED) is 0.639. The van der Waals surface area contributed by atoms with Gasteiger partial charge in [-0.25, -0.2) is 4.98 Å². The van der Waals surface area contributed by atoms with E-state index in [1.165, 1.54) is 5.69 Å². The van der Waals surface area contributed by atoms with Crippen LogP contribution in [0.15, 0.2) is 6.20 Å². The lowest BCUT2D eigenvalue weighted by Gasteiger charge is -1.93. The standard InChI is InChI=1S/C7H13N3/c1-6-9-5-7(10-6)3-4-8-2/h5,8H,3-4H2,1-2H3,(H,9,10). The molecule has 3 nitrogen and oxygen atoms in total. The van der Waals surface area contributed by atoms with E-state index in [9.17, 15) is 0 Å². The maximum Gasteiger partial charge on any atom is 0.103 e. The maximum atomic E-state index is 4.09. The summed E-state index contributed by atoms with van der Waals surface area (Å²) in [7, 11) is 1.95. The summed E-state index contributed by atoms with van der Waals surface area (Å²) in [4.78, 5) is 7.25. The average molecular weight is 139 g/mol. The predicted molar refractivity (Wildman–Crippen MR) is 41.0 cm³/mol. The van der Waals surface area contributed by atoms with Crippen molar-refractivity contribution in [3.8, 4) is 0 Å². The Morgan fingerprint density at radius 2 is 2.50 bits per heavy atom. The Balaban J connectivity index is 2.42. The Labute approximate surface area is 60.9 Å². The minimum atomic E-state index is 0.992. The number of nitrogens with one attached hydrogen (secondary N) is 2. The highest BCUT2D eigenvalue weighted by Crippen LogP contribution is 1.94. The maximum absolute atomic E-state index is 4.09. The van der Waals surface area contributed by atoms with E-state index in [0.29, 0.717) is 0 Å². The van der Waals surface area contributed by atoms with Crippen LogP contribution in [0.2, 0.25) is 0 Å². The first-order valence-electron chi connectivity index (χ1n) is 3.48. The van der Waals surface area contributed by atoms with Crippen LogP contribution in [0.4, 0.5) is 0 Å². The molecule has 1 heterocycles. The van der Waals surface area contributed by atoms with Crippen molar-refractivity contribution >= 4 is 0 Å². The summed E-state index contributed by atoms with van der Waals surface area (Å²) >= 11 is 0. The van der Waals surface area contributed by atoms with Gasteiger partial charge >= 0.3 is 0 Å². The van der Waals surface area contributed by atoms with E-state index in [1.54, 1.807) is 0 Å². The molecule has 1 aromatic heterocycles. The van der Waals surface area contributed by atoms with Crippen LogP contribution in [0, 0.1) is 6.92 Å². The van der Waals surface area contributed by atoms with Gasteiger partial charge < -0.3 is 10.3 Å². The van der Waals surface area contributed by atoms with E-state index < -0.39 is 0 Å². The van der Waals surface area contributed by atoms with Gasteiger partial charge in [-0.15, -0.1) is 0 Å². The highest BCUT2D eigenvalue weighted by molar-refractivity contribution is 4.99. The number of H-pyrrole nitrogens is 1. The highest BCUT2D eigenvalue weighted by atomic mass is 14.9. The molecule has 0 saturated heterocycles. The van der Waals surface area contributed by atoms with Gasteiger partial charge in [0.05, 0.1) is 0 Å². The van der Waals surface area contributed by atoms with Gasteiger partial charge in [-0.2, -0.15) is 0 Å². The summed E-state index contributed by atoms with van der Waals surface area (Å²) < 4.78 is 0. The summed E-state index contributed by atoms with van der Waals surface area (Å²) in [6.07, 6.45) is 2.91. The average Bonchev–Trinajstić information content (AvgIpc) is 2.31. The Bertz CT molecular complexity index is 192. The summed E-state index contributed by atoms with van der Waals surface area (Å²) in [5.74, 6) is 0.992. The van der Waals surface area contributed by atoms with Crippen molar-refractivity contribution in [2.24, 2.45) is 0 Å². The van der Waals surface area contributed by atoms with E-state index in [1.807, 2.05) is 20.2 Å².